The highest BCUT2D eigenvalue weighted by Crippen LogP contribution is 2.37. The molecular weight excluding hydrogens is 310 g/mol. The van der Waals surface area contributed by atoms with Crippen molar-refractivity contribution in [3.63, 3.8) is 0 Å². The molecule has 0 spiro atoms. The van der Waals surface area contributed by atoms with Crippen molar-refractivity contribution in [1.82, 2.24) is 9.97 Å². The Labute approximate surface area is 133 Å². The molecule has 0 bridgehead atoms. The van der Waals surface area contributed by atoms with Crippen LogP contribution in [0, 0.1) is 5.92 Å². The second-order valence-electron chi connectivity index (χ2n) is 4.56. The van der Waals surface area contributed by atoms with Gasteiger partial charge in [0.15, 0.2) is 5.15 Å². The van der Waals surface area contributed by atoms with E-state index in [1.54, 1.807) is 12.4 Å². The van der Waals surface area contributed by atoms with Crippen LogP contribution in [0.5, 0.6) is 0 Å². The molecule has 0 fully saturated rings. The Balaban J connectivity index is 2.30. The van der Waals surface area contributed by atoms with E-state index >= 15 is 0 Å². The van der Waals surface area contributed by atoms with E-state index in [2.05, 4.69) is 23.8 Å². The van der Waals surface area contributed by atoms with Crippen LogP contribution >= 0.6 is 35.2 Å². The van der Waals surface area contributed by atoms with E-state index in [1.165, 1.54) is 11.3 Å². The standard InChI is InChI=1S/C14H16ClN3S2/c1-4-9(2)13(19)18(3)14-11(15)17-12(20-14)10-6-5-7-16-8-10/h5-9H,4H2,1-3H3. The molecule has 1 atom stereocenters. The van der Waals surface area contributed by atoms with Gasteiger partial charge in [-0.2, -0.15) is 0 Å². The van der Waals surface area contributed by atoms with Crippen molar-refractivity contribution >= 4 is 45.1 Å². The molecule has 0 amide bonds. The van der Waals surface area contributed by atoms with Crippen LogP contribution in [0.1, 0.15) is 20.3 Å². The predicted octanol–water partition coefficient (Wildman–Crippen LogP) is 4.67. The van der Waals surface area contributed by atoms with Gasteiger partial charge in [-0.3, -0.25) is 4.98 Å². The lowest BCUT2D eigenvalue weighted by Gasteiger charge is -2.22. The van der Waals surface area contributed by atoms with Gasteiger partial charge in [0.25, 0.3) is 0 Å². The largest absolute Gasteiger partial charge is 0.328 e. The average molecular weight is 326 g/mol. The number of aromatic nitrogens is 2. The van der Waals surface area contributed by atoms with E-state index < -0.39 is 0 Å². The zero-order chi connectivity index (χ0) is 14.7. The van der Waals surface area contributed by atoms with E-state index in [0.717, 1.165) is 27.0 Å². The summed E-state index contributed by atoms with van der Waals surface area (Å²) in [4.78, 5) is 11.4. The van der Waals surface area contributed by atoms with E-state index in [9.17, 15) is 0 Å². The fraction of sp³-hybridized carbons (Fsp3) is 0.357. The molecule has 6 heteroatoms. The van der Waals surface area contributed by atoms with Crippen molar-refractivity contribution in [2.24, 2.45) is 5.92 Å². The Bertz CT molecular complexity index is 598. The summed E-state index contributed by atoms with van der Waals surface area (Å²) in [6.45, 7) is 4.25. The summed E-state index contributed by atoms with van der Waals surface area (Å²) in [6, 6.07) is 3.86. The molecular formula is C14H16ClN3S2. The summed E-state index contributed by atoms with van der Waals surface area (Å²) in [6.07, 6.45) is 4.53. The molecule has 2 heterocycles. The van der Waals surface area contributed by atoms with Gasteiger partial charge in [-0.15, -0.1) is 0 Å². The minimum Gasteiger partial charge on any atom is -0.328 e. The van der Waals surface area contributed by atoms with E-state index in [1.807, 2.05) is 24.1 Å². The molecule has 2 aromatic rings. The smallest absolute Gasteiger partial charge is 0.164 e. The normalized spacial score (nSPS) is 12.2. The SMILES string of the molecule is CCC(C)C(=S)N(C)c1sc(-c2cccnc2)nc1Cl. The number of thiocarbonyl (C=S) groups is 1. The molecule has 1 unspecified atom stereocenters. The Morgan fingerprint density at radius 1 is 1.55 bits per heavy atom. The summed E-state index contributed by atoms with van der Waals surface area (Å²) in [7, 11) is 1.95. The number of pyridine rings is 1. The van der Waals surface area contributed by atoms with Crippen LogP contribution in [-0.4, -0.2) is 22.0 Å². The summed E-state index contributed by atoms with van der Waals surface area (Å²) < 4.78 is 0. The summed E-state index contributed by atoms with van der Waals surface area (Å²) in [5.74, 6) is 0.343. The van der Waals surface area contributed by atoms with Crippen molar-refractivity contribution in [2.45, 2.75) is 20.3 Å². The molecule has 3 nitrogen and oxygen atoms in total. The Morgan fingerprint density at radius 2 is 2.30 bits per heavy atom. The van der Waals surface area contributed by atoms with Crippen LogP contribution in [0.4, 0.5) is 5.00 Å². The lowest BCUT2D eigenvalue weighted by molar-refractivity contribution is 0.738. The molecule has 0 saturated heterocycles. The fourth-order valence-electron chi connectivity index (χ4n) is 1.72. The van der Waals surface area contributed by atoms with Gasteiger partial charge >= 0.3 is 0 Å². The van der Waals surface area contributed by atoms with Gasteiger partial charge < -0.3 is 4.90 Å². The van der Waals surface area contributed by atoms with Gasteiger partial charge in [0.2, 0.25) is 0 Å². The van der Waals surface area contributed by atoms with Gasteiger partial charge in [-0.05, 0) is 18.6 Å². The first-order valence-electron chi connectivity index (χ1n) is 6.38. The number of hydrogen-bond donors (Lipinski definition) is 0. The second-order valence-corrected chi connectivity index (χ2v) is 6.32. The maximum atomic E-state index is 6.26. The number of halogens is 1. The van der Waals surface area contributed by atoms with Crippen LogP contribution in [0.3, 0.4) is 0 Å². The Morgan fingerprint density at radius 3 is 2.90 bits per heavy atom. The van der Waals surface area contributed by atoms with E-state index in [4.69, 9.17) is 23.8 Å². The maximum absolute atomic E-state index is 6.26. The van der Waals surface area contributed by atoms with Gasteiger partial charge in [-0.25, -0.2) is 4.98 Å². The maximum Gasteiger partial charge on any atom is 0.164 e. The fourth-order valence-corrected chi connectivity index (χ4v) is 3.34. The zero-order valence-corrected chi connectivity index (χ0v) is 14.0. The van der Waals surface area contributed by atoms with Gasteiger partial charge in [0.05, 0.1) is 4.99 Å². The highest BCUT2D eigenvalue weighted by atomic mass is 35.5. The van der Waals surface area contributed by atoms with Crippen LogP contribution in [0.2, 0.25) is 5.15 Å². The first-order chi connectivity index (χ1) is 9.54. The third-order valence-electron chi connectivity index (χ3n) is 3.15. The summed E-state index contributed by atoms with van der Waals surface area (Å²) >= 11 is 13.3. The Kier molecular flexibility index (Phi) is 5.07. The Hall–Kier alpha value is -1.04. The van der Waals surface area contributed by atoms with Gasteiger partial charge in [0, 0.05) is 30.9 Å². The van der Waals surface area contributed by atoms with Crippen molar-refractivity contribution in [1.29, 1.82) is 0 Å². The van der Waals surface area contributed by atoms with Crippen molar-refractivity contribution in [3.8, 4) is 10.6 Å². The number of anilines is 1. The molecule has 0 aliphatic rings. The molecule has 0 N–H and O–H groups in total. The molecule has 2 aromatic heterocycles. The van der Waals surface area contributed by atoms with Crippen LogP contribution in [0.15, 0.2) is 24.5 Å². The summed E-state index contributed by atoms with van der Waals surface area (Å²) in [5, 5.41) is 2.23. The quantitative estimate of drug-likeness (QED) is 0.764. The molecule has 2 rings (SSSR count). The predicted molar refractivity (Wildman–Crippen MR) is 90.8 cm³/mol. The third kappa shape index (κ3) is 3.16. The van der Waals surface area contributed by atoms with Gasteiger partial charge in [-0.1, -0.05) is 49.0 Å². The van der Waals surface area contributed by atoms with Crippen LogP contribution in [-0.2, 0) is 0 Å². The lowest BCUT2D eigenvalue weighted by Crippen LogP contribution is -2.29. The number of hydrogen-bond acceptors (Lipinski definition) is 4. The summed E-state index contributed by atoms with van der Waals surface area (Å²) in [5.41, 5.74) is 0.966. The number of rotatable bonds is 4. The van der Waals surface area contributed by atoms with E-state index in [0.29, 0.717) is 11.1 Å². The minimum absolute atomic E-state index is 0.343. The highest BCUT2D eigenvalue weighted by Gasteiger charge is 2.19. The molecule has 106 valence electrons. The molecule has 20 heavy (non-hydrogen) atoms. The number of nitrogens with zero attached hydrogens (tertiary/aromatic N) is 3. The van der Waals surface area contributed by atoms with Crippen molar-refractivity contribution in [3.05, 3.63) is 29.7 Å². The molecule has 0 aromatic carbocycles. The topological polar surface area (TPSA) is 29.0 Å². The third-order valence-corrected chi connectivity index (χ3v) is 5.38. The first-order valence-corrected chi connectivity index (χ1v) is 7.99. The molecule has 0 saturated carbocycles. The monoisotopic (exact) mass is 325 g/mol. The van der Waals surface area contributed by atoms with Crippen LogP contribution < -0.4 is 4.90 Å². The van der Waals surface area contributed by atoms with Crippen LogP contribution in [0.25, 0.3) is 10.6 Å². The zero-order valence-electron chi connectivity index (χ0n) is 11.6. The second kappa shape index (κ2) is 6.61. The minimum atomic E-state index is 0.343. The molecule has 0 aliphatic heterocycles. The van der Waals surface area contributed by atoms with Gasteiger partial charge in [0.1, 0.15) is 10.0 Å². The highest BCUT2D eigenvalue weighted by molar-refractivity contribution is 7.80. The lowest BCUT2D eigenvalue weighted by atomic mass is 10.1. The number of thiazole rings is 1. The first kappa shape index (κ1) is 15.4. The van der Waals surface area contributed by atoms with E-state index in [-0.39, 0.29) is 0 Å². The van der Waals surface area contributed by atoms with Crippen molar-refractivity contribution < 1.29 is 0 Å². The average Bonchev–Trinajstić information content (AvgIpc) is 2.87. The van der Waals surface area contributed by atoms with Crippen molar-refractivity contribution in [2.75, 3.05) is 11.9 Å². The molecule has 0 radical (unpaired) electrons. The molecule has 0 aliphatic carbocycles.